The van der Waals surface area contributed by atoms with Crippen LogP contribution in [-0.4, -0.2) is 47.6 Å². The molecule has 0 amide bonds. The van der Waals surface area contributed by atoms with Gasteiger partial charge in [-0.3, -0.25) is 0 Å². The summed E-state index contributed by atoms with van der Waals surface area (Å²) in [7, 11) is 8.04. The summed E-state index contributed by atoms with van der Waals surface area (Å²) in [5.41, 5.74) is 6.25. The van der Waals surface area contributed by atoms with Gasteiger partial charge in [0.15, 0.2) is 0 Å². The monoisotopic (exact) mass is 608 g/mol. The van der Waals surface area contributed by atoms with Gasteiger partial charge in [-0.15, -0.1) is 0 Å². The van der Waals surface area contributed by atoms with E-state index in [1.807, 2.05) is 87.5 Å². The van der Waals surface area contributed by atoms with Gasteiger partial charge in [-0.2, -0.15) is 9.97 Å². The van der Waals surface area contributed by atoms with Crippen LogP contribution in [0.2, 0.25) is 0 Å². The van der Waals surface area contributed by atoms with E-state index in [4.69, 9.17) is 24.4 Å². The Morgan fingerprint density at radius 1 is 0.652 bits per heavy atom. The van der Waals surface area contributed by atoms with Crippen molar-refractivity contribution in [2.45, 2.75) is 0 Å². The largest absolute Gasteiger partial charge is 0.442 e. The number of anilines is 4. The maximum absolute atomic E-state index is 5.61. The number of hydrogen-bond donors (Lipinski definition) is 2. The molecule has 0 bridgehead atoms. The van der Waals surface area contributed by atoms with Gasteiger partial charge in [-0.25, -0.2) is 19.4 Å². The molecule has 0 atom stereocenters. The van der Waals surface area contributed by atoms with E-state index in [9.17, 15) is 0 Å². The number of aryl methyl sites for hydroxylation is 4. The van der Waals surface area contributed by atoms with Crippen molar-refractivity contribution in [1.29, 1.82) is 0 Å². The summed E-state index contributed by atoms with van der Waals surface area (Å²) in [5, 5.41) is 9.10. The maximum Gasteiger partial charge on any atom is 0.265 e. The Hall–Kier alpha value is -6.37. The average Bonchev–Trinajstić information content (AvgIpc) is 3.89. The van der Waals surface area contributed by atoms with Crippen LogP contribution in [0.25, 0.3) is 62.1 Å². The van der Waals surface area contributed by atoms with E-state index in [-0.39, 0.29) is 0 Å². The Kier molecular flexibility index (Phi) is 5.42. The highest BCUT2D eigenvalue weighted by Gasteiger charge is 2.25. The van der Waals surface area contributed by atoms with Crippen molar-refractivity contribution in [2.75, 3.05) is 10.6 Å². The number of nitrogens with zero attached hydrogens (tertiary/aromatic N) is 10. The Morgan fingerprint density at radius 2 is 1.20 bits per heavy atom. The van der Waals surface area contributed by atoms with Crippen LogP contribution < -0.4 is 10.6 Å². The van der Waals surface area contributed by atoms with Crippen molar-refractivity contribution < 1.29 is 4.42 Å². The Morgan fingerprint density at radius 3 is 1.65 bits per heavy atom. The second-order valence-corrected chi connectivity index (χ2v) is 11.5. The normalized spacial score (nSPS) is 11.9. The minimum absolute atomic E-state index is 0.295. The van der Waals surface area contributed by atoms with Gasteiger partial charge in [0.2, 0.25) is 17.4 Å². The van der Waals surface area contributed by atoms with E-state index in [0.717, 1.165) is 61.8 Å². The van der Waals surface area contributed by atoms with Gasteiger partial charge in [0.25, 0.3) is 5.89 Å². The topological polar surface area (TPSA) is 126 Å². The lowest BCUT2D eigenvalue weighted by Crippen LogP contribution is -2.08. The molecule has 226 valence electrons. The Balaban J connectivity index is 1.33. The summed E-state index contributed by atoms with van der Waals surface area (Å²) in [6.45, 7) is 0. The van der Waals surface area contributed by atoms with Crippen molar-refractivity contribution in [1.82, 2.24) is 47.6 Å². The van der Waals surface area contributed by atoms with Gasteiger partial charge in [-0.05, 0) is 36.4 Å². The molecule has 0 radical (unpaired) electrons. The molecular weight excluding hydrogens is 580 g/mol. The van der Waals surface area contributed by atoms with Gasteiger partial charge >= 0.3 is 0 Å². The number of oxazole rings is 1. The molecule has 13 heteroatoms. The zero-order valence-electron chi connectivity index (χ0n) is 25.5. The van der Waals surface area contributed by atoms with Crippen molar-refractivity contribution in [3.05, 3.63) is 86.0 Å². The SMILES string of the molecule is Cn1cc(Nc2cccn2C)c(-c2nc3nc(-c4ncco4)nc4nc(-c5cn(C)cc5Nc5cccn5C)c5ccc2c5n34)c1. The molecule has 0 aliphatic carbocycles. The molecule has 1 aromatic carbocycles. The molecule has 13 nitrogen and oxygen atoms in total. The smallest absolute Gasteiger partial charge is 0.265 e. The van der Waals surface area contributed by atoms with E-state index in [1.54, 1.807) is 6.20 Å². The molecule has 0 aliphatic rings. The summed E-state index contributed by atoms with van der Waals surface area (Å²) in [4.78, 5) is 24.3. The summed E-state index contributed by atoms with van der Waals surface area (Å²) in [6.07, 6.45) is 15.4. The minimum atomic E-state index is 0.295. The van der Waals surface area contributed by atoms with E-state index < -0.39 is 0 Å². The van der Waals surface area contributed by atoms with Crippen LogP contribution in [0.15, 0.2) is 90.5 Å². The second kappa shape index (κ2) is 9.56. The molecule has 46 heavy (non-hydrogen) atoms. The lowest BCUT2D eigenvalue weighted by molar-refractivity contribution is 0.569. The summed E-state index contributed by atoms with van der Waals surface area (Å²) >= 11 is 0. The number of hydrogen-bond acceptors (Lipinski definition) is 8. The van der Waals surface area contributed by atoms with Gasteiger partial charge in [0.1, 0.15) is 17.9 Å². The molecule has 2 N–H and O–H groups in total. The summed E-state index contributed by atoms with van der Waals surface area (Å²) in [6, 6.07) is 12.3. The molecular formula is C33H28N12O. The Labute approximate surface area is 261 Å². The molecule has 0 fully saturated rings. The molecule has 0 spiro atoms. The lowest BCUT2D eigenvalue weighted by atomic mass is 10.1. The predicted molar refractivity (Wildman–Crippen MR) is 176 cm³/mol. The third kappa shape index (κ3) is 3.91. The van der Waals surface area contributed by atoms with Crippen LogP contribution in [0, 0.1) is 0 Å². The highest BCUT2D eigenvalue weighted by molar-refractivity contribution is 6.12. The van der Waals surface area contributed by atoms with Crippen LogP contribution in [0.4, 0.5) is 23.0 Å². The first-order valence-electron chi connectivity index (χ1n) is 14.7. The maximum atomic E-state index is 5.61. The zero-order chi connectivity index (χ0) is 31.1. The second-order valence-electron chi connectivity index (χ2n) is 11.5. The Bertz CT molecular complexity index is 2380. The van der Waals surface area contributed by atoms with Gasteiger partial charge in [0, 0.05) is 87.3 Å². The lowest BCUT2D eigenvalue weighted by Gasteiger charge is -2.15. The number of aromatic nitrogens is 10. The average molecular weight is 609 g/mol. The highest BCUT2D eigenvalue weighted by atomic mass is 16.3. The van der Waals surface area contributed by atoms with Crippen molar-refractivity contribution in [3.63, 3.8) is 0 Å². The van der Waals surface area contributed by atoms with Gasteiger partial charge in [0.05, 0.1) is 34.5 Å². The predicted octanol–water partition coefficient (Wildman–Crippen LogP) is 6.09. The van der Waals surface area contributed by atoms with Crippen LogP contribution in [0.1, 0.15) is 0 Å². The van der Waals surface area contributed by atoms with Crippen LogP contribution in [0.3, 0.4) is 0 Å². The fraction of sp³-hybridized carbons (Fsp3) is 0.121. The highest BCUT2D eigenvalue weighted by Crippen LogP contribution is 2.42. The fourth-order valence-corrected chi connectivity index (χ4v) is 6.21. The molecule has 0 aliphatic heterocycles. The van der Waals surface area contributed by atoms with Gasteiger partial charge in [-0.1, -0.05) is 0 Å². The molecule has 0 saturated carbocycles. The van der Waals surface area contributed by atoms with E-state index in [1.165, 1.54) is 6.26 Å². The zero-order valence-corrected chi connectivity index (χ0v) is 25.5. The standard InChI is InChI=1S/C33H28N12O/c1-41-15-21(23(17-41)35-25-7-5-12-43(25)3)27-19-9-10-20-28(22-16-42(2)18-24(22)36-26-8-6-13-44(26)4)38-33-40-30(31-34-11-14-46-31)39-32(37-27)45(33)29(19)20/h5-18,35-36H,1-4H3. The molecule has 0 unspecified atom stereocenters. The first-order chi connectivity index (χ1) is 22.4. The number of nitrogens with one attached hydrogen (secondary N) is 2. The first kappa shape index (κ1) is 26.1. The molecule has 0 saturated heterocycles. The van der Waals surface area contributed by atoms with Crippen LogP contribution in [-0.2, 0) is 28.2 Å². The van der Waals surface area contributed by atoms with Crippen LogP contribution in [0.5, 0.6) is 0 Å². The quantitative estimate of drug-likeness (QED) is 0.223. The molecule has 9 aromatic rings. The minimum Gasteiger partial charge on any atom is -0.442 e. The van der Waals surface area contributed by atoms with E-state index >= 15 is 0 Å². The van der Waals surface area contributed by atoms with Gasteiger partial charge < -0.3 is 33.3 Å². The molecule has 8 aromatic heterocycles. The first-order valence-corrected chi connectivity index (χ1v) is 14.7. The van der Waals surface area contributed by atoms with Crippen molar-refractivity contribution in [3.8, 4) is 34.2 Å². The van der Waals surface area contributed by atoms with Crippen molar-refractivity contribution in [2.24, 2.45) is 28.2 Å². The van der Waals surface area contributed by atoms with E-state index in [2.05, 4.69) is 52.5 Å². The van der Waals surface area contributed by atoms with E-state index in [0.29, 0.717) is 23.3 Å². The fourth-order valence-electron chi connectivity index (χ4n) is 6.21. The summed E-state index contributed by atoms with van der Waals surface area (Å²) in [5.74, 6) is 3.43. The molecule has 9 rings (SSSR count). The summed E-state index contributed by atoms with van der Waals surface area (Å²) < 4.78 is 15.7. The number of rotatable bonds is 7. The third-order valence-corrected chi connectivity index (χ3v) is 8.35. The van der Waals surface area contributed by atoms with Crippen LogP contribution >= 0.6 is 0 Å². The third-order valence-electron chi connectivity index (χ3n) is 8.35. The van der Waals surface area contributed by atoms with Crippen molar-refractivity contribution >= 4 is 50.9 Å². The molecule has 8 heterocycles.